The average molecular weight is 384 g/mol. The summed E-state index contributed by atoms with van der Waals surface area (Å²) < 4.78 is 0. The summed E-state index contributed by atoms with van der Waals surface area (Å²) in [6, 6.07) is 13.6. The molecule has 0 heterocycles. The summed E-state index contributed by atoms with van der Waals surface area (Å²) in [7, 11) is 0. The summed E-state index contributed by atoms with van der Waals surface area (Å²) in [4.78, 5) is 24.3. The number of benzene rings is 2. The van der Waals surface area contributed by atoms with Crippen LogP contribution >= 0.6 is 11.8 Å². The third-order valence-corrected chi connectivity index (χ3v) is 5.55. The third-order valence-electron chi connectivity index (χ3n) is 4.62. The first-order chi connectivity index (χ1) is 13.0. The second-order valence-corrected chi connectivity index (χ2v) is 7.86. The van der Waals surface area contributed by atoms with Gasteiger partial charge < -0.3 is 16.4 Å². The Kier molecular flexibility index (Phi) is 6.40. The lowest BCUT2D eigenvalue weighted by molar-refractivity contribution is -0.119. The summed E-state index contributed by atoms with van der Waals surface area (Å²) in [5, 5.41) is 5.93. The van der Waals surface area contributed by atoms with E-state index in [4.69, 9.17) is 5.73 Å². The van der Waals surface area contributed by atoms with Crippen LogP contribution in [-0.2, 0) is 16.0 Å². The Morgan fingerprint density at radius 3 is 2.63 bits per heavy atom. The molecule has 5 nitrogen and oxygen atoms in total. The molecule has 1 unspecified atom stereocenters. The molecule has 6 heteroatoms. The van der Waals surface area contributed by atoms with Crippen LogP contribution in [0.4, 0.5) is 11.4 Å². The highest BCUT2D eigenvalue weighted by Crippen LogP contribution is 2.31. The van der Waals surface area contributed by atoms with E-state index in [1.54, 1.807) is 0 Å². The number of hydrogen-bond donors (Lipinski definition) is 3. The zero-order valence-corrected chi connectivity index (χ0v) is 16.3. The van der Waals surface area contributed by atoms with Gasteiger partial charge in [0.2, 0.25) is 11.8 Å². The van der Waals surface area contributed by atoms with Crippen molar-refractivity contribution in [1.82, 2.24) is 5.32 Å². The number of nitrogens with one attached hydrogen (secondary N) is 2. The number of anilines is 2. The molecular formula is C21H25N3O2S. The van der Waals surface area contributed by atoms with Crippen molar-refractivity contribution in [1.29, 1.82) is 0 Å². The first-order valence-corrected chi connectivity index (χ1v) is 10.3. The zero-order chi connectivity index (χ0) is 19.2. The molecule has 1 aliphatic carbocycles. The molecule has 0 saturated heterocycles. The number of thioether (sulfide) groups is 1. The zero-order valence-electron chi connectivity index (χ0n) is 15.5. The molecule has 0 saturated carbocycles. The van der Waals surface area contributed by atoms with Crippen molar-refractivity contribution in [2.24, 2.45) is 0 Å². The van der Waals surface area contributed by atoms with Crippen molar-refractivity contribution >= 4 is 35.0 Å². The lowest BCUT2D eigenvalue weighted by Crippen LogP contribution is -2.32. The van der Waals surface area contributed by atoms with E-state index in [1.165, 1.54) is 17.3 Å². The smallest absolute Gasteiger partial charge is 0.234 e. The third kappa shape index (κ3) is 5.50. The van der Waals surface area contributed by atoms with Gasteiger partial charge in [0.15, 0.2) is 0 Å². The predicted octanol–water partition coefficient (Wildman–Crippen LogP) is 3.44. The van der Waals surface area contributed by atoms with E-state index in [2.05, 4.69) is 10.6 Å². The van der Waals surface area contributed by atoms with E-state index < -0.39 is 0 Å². The number of carbonyl (C=O) groups excluding carboxylic acids is 2. The van der Waals surface area contributed by atoms with Crippen molar-refractivity contribution in [2.45, 2.75) is 32.2 Å². The SMILES string of the molecule is Cc1ccc(NC(=O)CSCC(=O)NC2CCCc3cc(N)ccc32)cc1. The molecule has 2 aromatic carbocycles. The van der Waals surface area contributed by atoms with Crippen molar-refractivity contribution in [3.63, 3.8) is 0 Å². The minimum Gasteiger partial charge on any atom is -0.399 e. The van der Waals surface area contributed by atoms with Crippen LogP contribution in [0.2, 0.25) is 0 Å². The van der Waals surface area contributed by atoms with E-state index in [0.717, 1.165) is 41.8 Å². The fraction of sp³-hybridized carbons (Fsp3) is 0.333. The first kappa shape index (κ1) is 19.3. The maximum absolute atomic E-state index is 12.3. The van der Waals surface area contributed by atoms with Gasteiger partial charge in [0.25, 0.3) is 0 Å². The Morgan fingerprint density at radius 1 is 1.11 bits per heavy atom. The maximum Gasteiger partial charge on any atom is 0.234 e. The molecule has 0 aromatic heterocycles. The quantitative estimate of drug-likeness (QED) is 0.667. The molecule has 0 bridgehead atoms. The molecule has 0 spiro atoms. The number of fused-ring (bicyclic) bond motifs is 1. The predicted molar refractivity (Wildman–Crippen MR) is 112 cm³/mol. The monoisotopic (exact) mass is 383 g/mol. The Bertz CT molecular complexity index is 821. The van der Waals surface area contributed by atoms with Gasteiger partial charge in [-0.25, -0.2) is 0 Å². The average Bonchev–Trinajstić information content (AvgIpc) is 2.63. The maximum atomic E-state index is 12.3. The van der Waals surface area contributed by atoms with Gasteiger partial charge in [-0.3, -0.25) is 9.59 Å². The molecule has 27 heavy (non-hydrogen) atoms. The molecule has 2 amide bonds. The molecule has 2 aromatic rings. The van der Waals surface area contributed by atoms with Crippen LogP contribution in [0.1, 0.15) is 35.6 Å². The molecule has 3 rings (SSSR count). The van der Waals surface area contributed by atoms with Crippen molar-refractivity contribution in [2.75, 3.05) is 22.6 Å². The van der Waals surface area contributed by atoms with Gasteiger partial charge in [-0.2, -0.15) is 0 Å². The first-order valence-electron chi connectivity index (χ1n) is 9.13. The molecule has 0 fully saturated rings. The van der Waals surface area contributed by atoms with Crippen LogP contribution in [0, 0.1) is 6.92 Å². The summed E-state index contributed by atoms with van der Waals surface area (Å²) in [5.41, 5.74) is 10.9. The van der Waals surface area contributed by atoms with E-state index in [1.807, 2.05) is 49.4 Å². The lowest BCUT2D eigenvalue weighted by Gasteiger charge is -2.26. The molecule has 4 N–H and O–H groups in total. The number of nitrogens with two attached hydrogens (primary N) is 1. The summed E-state index contributed by atoms with van der Waals surface area (Å²) in [5.74, 6) is 0.370. The summed E-state index contributed by atoms with van der Waals surface area (Å²) in [6.07, 6.45) is 2.97. The van der Waals surface area contributed by atoms with E-state index in [-0.39, 0.29) is 29.4 Å². The minimum atomic E-state index is -0.102. The highest BCUT2D eigenvalue weighted by molar-refractivity contribution is 8.00. The van der Waals surface area contributed by atoms with E-state index >= 15 is 0 Å². The van der Waals surface area contributed by atoms with Gasteiger partial charge in [0.05, 0.1) is 17.5 Å². The van der Waals surface area contributed by atoms with Crippen molar-refractivity contribution in [3.8, 4) is 0 Å². The van der Waals surface area contributed by atoms with Crippen LogP contribution in [0.15, 0.2) is 42.5 Å². The van der Waals surface area contributed by atoms with Crippen LogP contribution in [0.5, 0.6) is 0 Å². The molecule has 0 aliphatic heterocycles. The van der Waals surface area contributed by atoms with Crippen molar-refractivity contribution < 1.29 is 9.59 Å². The van der Waals surface area contributed by atoms with Crippen LogP contribution in [-0.4, -0.2) is 23.3 Å². The topological polar surface area (TPSA) is 84.2 Å². The minimum absolute atomic E-state index is 0.0313. The van der Waals surface area contributed by atoms with Crippen LogP contribution in [0.25, 0.3) is 0 Å². The highest BCUT2D eigenvalue weighted by atomic mass is 32.2. The number of rotatable bonds is 6. The largest absolute Gasteiger partial charge is 0.399 e. The van der Waals surface area contributed by atoms with Gasteiger partial charge in [0, 0.05) is 11.4 Å². The Labute approximate surface area is 164 Å². The standard InChI is InChI=1S/C21H25N3O2S/c1-14-5-8-17(9-6-14)23-20(25)12-27-13-21(26)24-19-4-2-3-15-11-16(22)7-10-18(15)19/h5-11,19H,2-4,12-13,22H2,1H3,(H,23,25)(H,24,26). The number of carbonyl (C=O) groups is 2. The highest BCUT2D eigenvalue weighted by Gasteiger charge is 2.21. The van der Waals surface area contributed by atoms with Crippen LogP contribution < -0.4 is 16.4 Å². The fourth-order valence-electron chi connectivity index (χ4n) is 3.29. The van der Waals surface area contributed by atoms with Gasteiger partial charge >= 0.3 is 0 Å². The van der Waals surface area contributed by atoms with Crippen LogP contribution in [0.3, 0.4) is 0 Å². The number of amides is 2. The Morgan fingerprint density at radius 2 is 1.85 bits per heavy atom. The second-order valence-electron chi connectivity index (χ2n) is 6.88. The normalized spacial score (nSPS) is 15.7. The Balaban J connectivity index is 1.44. The van der Waals surface area contributed by atoms with Gasteiger partial charge in [-0.1, -0.05) is 23.8 Å². The number of nitrogen functional groups attached to an aromatic ring is 1. The molecule has 142 valence electrons. The molecular weight excluding hydrogens is 358 g/mol. The van der Waals surface area contributed by atoms with Gasteiger partial charge in [-0.05, 0) is 61.6 Å². The molecule has 1 atom stereocenters. The van der Waals surface area contributed by atoms with Crippen molar-refractivity contribution in [3.05, 3.63) is 59.2 Å². The summed E-state index contributed by atoms with van der Waals surface area (Å²) >= 11 is 1.32. The lowest BCUT2D eigenvalue weighted by atomic mass is 9.87. The second kappa shape index (κ2) is 8.95. The van der Waals surface area contributed by atoms with Gasteiger partial charge in [-0.15, -0.1) is 11.8 Å². The van der Waals surface area contributed by atoms with Gasteiger partial charge in [0.1, 0.15) is 0 Å². The van der Waals surface area contributed by atoms with E-state index in [9.17, 15) is 9.59 Å². The van der Waals surface area contributed by atoms with E-state index in [0.29, 0.717) is 0 Å². The Hall–Kier alpha value is -2.47. The number of hydrogen-bond acceptors (Lipinski definition) is 4. The molecule has 0 radical (unpaired) electrons. The summed E-state index contributed by atoms with van der Waals surface area (Å²) in [6.45, 7) is 2.00. The molecule has 1 aliphatic rings. The fourth-order valence-corrected chi connectivity index (χ4v) is 3.92. The number of aryl methyl sites for hydroxylation is 2.